The zero-order valence-electron chi connectivity index (χ0n) is 25.5. The molecule has 3 aromatic heterocycles. The van der Waals surface area contributed by atoms with Gasteiger partial charge in [0.05, 0.1) is 21.9 Å². The van der Waals surface area contributed by atoms with E-state index in [1.54, 1.807) is 0 Å². The van der Waals surface area contributed by atoms with E-state index in [4.69, 9.17) is 4.42 Å². The maximum atomic E-state index is 6.60. The predicted molar refractivity (Wildman–Crippen MR) is 196 cm³/mol. The molecule has 3 heteroatoms. The van der Waals surface area contributed by atoms with Crippen molar-refractivity contribution in [3.63, 3.8) is 0 Å². The number of hydrogen-bond acceptors (Lipinski definition) is 1. The van der Waals surface area contributed by atoms with Gasteiger partial charge in [-0.3, -0.25) is 4.57 Å². The van der Waals surface area contributed by atoms with Crippen LogP contribution < -0.4 is 0 Å². The van der Waals surface area contributed by atoms with Gasteiger partial charge >= 0.3 is 0 Å². The second-order valence-corrected chi connectivity index (χ2v) is 12.2. The smallest absolute Gasteiger partial charge is 0.213 e. The molecule has 220 valence electrons. The van der Waals surface area contributed by atoms with E-state index in [0.29, 0.717) is 0 Å². The molecule has 7 aromatic carbocycles. The molecule has 0 N–H and O–H groups in total. The number of fused-ring (bicyclic) bond motifs is 8. The molecular weight excluding hydrogens is 572 g/mol. The van der Waals surface area contributed by atoms with Gasteiger partial charge in [-0.15, -0.1) is 0 Å². The second kappa shape index (κ2) is 10.1. The van der Waals surface area contributed by atoms with E-state index in [-0.39, 0.29) is 0 Å². The van der Waals surface area contributed by atoms with Crippen molar-refractivity contribution in [3.8, 4) is 33.6 Å². The van der Waals surface area contributed by atoms with Crippen LogP contribution in [0.1, 0.15) is 0 Å². The third-order valence-corrected chi connectivity index (χ3v) is 9.54. The van der Waals surface area contributed by atoms with Gasteiger partial charge in [-0.05, 0) is 76.9 Å². The lowest BCUT2D eigenvalue weighted by Gasteiger charge is -2.11. The normalized spacial score (nSPS) is 11.8. The first-order chi connectivity index (χ1) is 23.3. The Morgan fingerprint density at radius 1 is 0.340 bits per heavy atom. The summed E-state index contributed by atoms with van der Waals surface area (Å²) < 4.78 is 11.2. The van der Waals surface area contributed by atoms with E-state index in [9.17, 15) is 0 Å². The van der Waals surface area contributed by atoms with Crippen molar-refractivity contribution in [1.82, 2.24) is 9.13 Å². The molecule has 10 rings (SSSR count). The summed E-state index contributed by atoms with van der Waals surface area (Å²) in [6, 6.07) is 60.7. The second-order valence-electron chi connectivity index (χ2n) is 12.2. The van der Waals surface area contributed by atoms with E-state index in [1.165, 1.54) is 49.4 Å². The highest BCUT2D eigenvalue weighted by molar-refractivity contribution is 6.20. The molecule has 0 aliphatic rings. The first-order valence-electron chi connectivity index (χ1n) is 16.0. The average molecular weight is 601 g/mol. The van der Waals surface area contributed by atoms with Gasteiger partial charge in [-0.2, -0.15) is 0 Å². The summed E-state index contributed by atoms with van der Waals surface area (Å²) >= 11 is 0. The van der Waals surface area contributed by atoms with E-state index < -0.39 is 0 Å². The van der Waals surface area contributed by atoms with Crippen molar-refractivity contribution in [2.75, 3.05) is 0 Å². The highest BCUT2D eigenvalue weighted by Gasteiger charge is 2.20. The van der Waals surface area contributed by atoms with Crippen LogP contribution in [0.5, 0.6) is 0 Å². The SMILES string of the molecule is c1ccc(-c2cccc(-n3c4ccc(-c5ccc(-n6c7ccccc7c7ccccc76)cc5)cc4c4c5ccccc5oc43)c2)cc1. The minimum absolute atomic E-state index is 0.866. The lowest BCUT2D eigenvalue weighted by molar-refractivity contribution is 0.645. The number of para-hydroxylation sites is 3. The van der Waals surface area contributed by atoms with E-state index in [1.807, 2.05) is 6.07 Å². The van der Waals surface area contributed by atoms with Crippen LogP contribution in [-0.4, -0.2) is 9.13 Å². The molecule has 0 radical (unpaired) electrons. The molecule has 0 saturated heterocycles. The minimum Gasteiger partial charge on any atom is -0.439 e. The first-order valence-corrected chi connectivity index (χ1v) is 16.0. The number of hydrogen-bond donors (Lipinski definition) is 0. The lowest BCUT2D eigenvalue weighted by Crippen LogP contribution is -1.94. The van der Waals surface area contributed by atoms with Crippen LogP contribution >= 0.6 is 0 Å². The summed E-state index contributed by atoms with van der Waals surface area (Å²) in [6.07, 6.45) is 0. The third-order valence-electron chi connectivity index (χ3n) is 9.54. The molecule has 3 nitrogen and oxygen atoms in total. The molecule has 0 spiro atoms. The Kier molecular flexibility index (Phi) is 5.57. The fraction of sp³-hybridized carbons (Fsp3) is 0. The van der Waals surface area contributed by atoms with Gasteiger partial charge in [0.1, 0.15) is 5.58 Å². The third kappa shape index (κ3) is 3.93. The van der Waals surface area contributed by atoms with Crippen LogP contribution in [0.3, 0.4) is 0 Å². The Hall–Kier alpha value is -6.32. The Morgan fingerprint density at radius 2 is 0.915 bits per heavy atom. The molecule has 0 atom stereocenters. The summed E-state index contributed by atoms with van der Waals surface area (Å²) in [5, 5.41) is 5.99. The molecule has 0 fully saturated rings. The van der Waals surface area contributed by atoms with Crippen molar-refractivity contribution >= 4 is 54.8 Å². The fourth-order valence-corrected chi connectivity index (χ4v) is 7.39. The molecule has 47 heavy (non-hydrogen) atoms. The zero-order valence-corrected chi connectivity index (χ0v) is 25.5. The quantitative estimate of drug-likeness (QED) is 0.197. The van der Waals surface area contributed by atoms with Crippen molar-refractivity contribution in [2.24, 2.45) is 0 Å². The summed E-state index contributed by atoms with van der Waals surface area (Å²) in [5.41, 5.74) is 12.3. The average Bonchev–Trinajstić information content (AvgIpc) is 3.79. The van der Waals surface area contributed by atoms with Crippen LogP contribution in [0, 0.1) is 0 Å². The minimum atomic E-state index is 0.866. The van der Waals surface area contributed by atoms with Gasteiger partial charge in [-0.25, -0.2) is 0 Å². The molecule has 0 aliphatic heterocycles. The lowest BCUT2D eigenvalue weighted by atomic mass is 10.0. The Morgan fingerprint density at radius 3 is 1.68 bits per heavy atom. The molecule has 0 saturated carbocycles. The molecule has 0 amide bonds. The Balaban J connectivity index is 1.14. The summed E-state index contributed by atoms with van der Waals surface area (Å²) in [5.74, 6) is 0. The first kappa shape index (κ1) is 26.0. The highest BCUT2D eigenvalue weighted by atomic mass is 16.3. The zero-order chi connectivity index (χ0) is 30.9. The molecule has 3 heterocycles. The molecular formula is C44H28N2O. The number of benzene rings is 7. The summed E-state index contributed by atoms with van der Waals surface area (Å²) in [6.45, 7) is 0. The maximum Gasteiger partial charge on any atom is 0.213 e. The van der Waals surface area contributed by atoms with Crippen molar-refractivity contribution in [1.29, 1.82) is 0 Å². The van der Waals surface area contributed by atoms with Gasteiger partial charge in [0.2, 0.25) is 5.71 Å². The van der Waals surface area contributed by atoms with Gasteiger partial charge in [0.15, 0.2) is 0 Å². The van der Waals surface area contributed by atoms with Gasteiger partial charge in [-0.1, -0.05) is 115 Å². The Labute approximate surface area is 271 Å². The van der Waals surface area contributed by atoms with Crippen LogP contribution in [0.2, 0.25) is 0 Å². The standard InChI is InChI=1S/C44H28N2O/c1-2-11-29(12-3-1)31-13-10-14-34(27-31)46-41-26-23-32(28-38(41)43-37-17-6-9-20-42(37)47-44(43)46)30-21-24-33(25-22-30)45-39-18-7-4-15-35(39)36-16-5-8-19-40(36)45/h1-28H. The number of furan rings is 1. The fourth-order valence-electron chi connectivity index (χ4n) is 7.39. The highest BCUT2D eigenvalue weighted by Crippen LogP contribution is 2.41. The van der Waals surface area contributed by atoms with Crippen LogP contribution in [0.25, 0.3) is 88.4 Å². The van der Waals surface area contributed by atoms with Crippen LogP contribution in [-0.2, 0) is 0 Å². The van der Waals surface area contributed by atoms with Crippen LogP contribution in [0.15, 0.2) is 174 Å². The van der Waals surface area contributed by atoms with Gasteiger partial charge in [0, 0.05) is 32.9 Å². The monoisotopic (exact) mass is 600 g/mol. The molecule has 0 aliphatic carbocycles. The molecule has 0 bridgehead atoms. The number of rotatable bonds is 4. The van der Waals surface area contributed by atoms with Crippen LogP contribution in [0.4, 0.5) is 0 Å². The summed E-state index contributed by atoms with van der Waals surface area (Å²) in [7, 11) is 0. The molecule has 10 aromatic rings. The van der Waals surface area contributed by atoms with Crippen molar-refractivity contribution in [3.05, 3.63) is 170 Å². The Bertz CT molecular complexity index is 2720. The van der Waals surface area contributed by atoms with Gasteiger partial charge < -0.3 is 8.98 Å². The topological polar surface area (TPSA) is 23.0 Å². The largest absolute Gasteiger partial charge is 0.439 e. The van der Waals surface area contributed by atoms with Crippen molar-refractivity contribution in [2.45, 2.75) is 0 Å². The van der Waals surface area contributed by atoms with E-state index >= 15 is 0 Å². The maximum absolute atomic E-state index is 6.60. The van der Waals surface area contributed by atoms with Gasteiger partial charge in [0.25, 0.3) is 0 Å². The van der Waals surface area contributed by atoms with E-state index in [2.05, 4.69) is 173 Å². The van der Waals surface area contributed by atoms with Crippen molar-refractivity contribution < 1.29 is 4.42 Å². The number of nitrogens with zero attached hydrogens (tertiary/aromatic N) is 2. The number of aromatic nitrogens is 2. The predicted octanol–water partition coefficient (Wildman–Crippen LogP) is 12.0. The van der Waals surface area contributed by atoms with E-state index in [0.717, 1.165) is 39.0 Å². The molecule has 0 unspecified atom stereocenters. The summed E-state index contributed by atoms with van der Waals surface area (Å²) in [4.78, 5) is 0.